The zero-order valence-electron chi connectivity index (χ0n) is 19.1. The number of carbonyl (C=O) groups excluding carboxylic acids is 2. The molecule has 0 aliphatic rings. The largest absolute Gasteiger partial charge is 0.493 e. The molecule has 0 spiro atoms. The molecule has 0 saturated carbocycles. The van der Waals surface area contributed by atoms with Crippen molar-refractivity contribution in [2.75, 3.05) is 17.7 Å². The minimum absolute atomic E-state index is 0.0328. The first-order chi connectivity index (χ1) is 16.7. The minimum atomic E-state index is -0.609. The molecule has 0 atom stereocenters. The van der Waals surface area contributed by atoms with Crippen LogP contribution in [0.15, 0.2) is 60.7 Å². The molecule has 0 radical (unpaired) electrons. The highest BCUT2D eigenvalue weighted by Crippen LogP contribution is 2.38. The van der Waals surface area contributed by atoms with Crippen LogP contribution in [0, 0.1) is 10.1 Å². The number of carbonyl (C=O) groups is 2. The molecule has 0 fully saturated rings. The van der Waals surface area contributed by atoms with Gasteiger partial charge in [-0.05, 0) is 56.3 Å². The molecule has 3 N–H and O–H groups in total. The highest BCUT2D eigenvalue weighted by Gasteiger charge is 2.19. The van der Waals surface area contributed by atoms with E-state index in [1.54, 1.807) is 24.3 Å². The van der Waals surface area contributed by atoms with Gasteiger partial charge >= 0.3 is 11.7 Å². The summed E-state index contributed by atoms with van der Waals surface area (Å²) in [4.78, 5) is 35.7. The summed E-state index contributed by atoms with van der Waals surface area (Å²) in [5.41, 5.74) is 0.738. The topological polar surface area (TPSA) is 132 Å². The Labute approximate surface area is 206 Å². The van der Waals surface area contributed by atoms with E-state index in [9.17, 15) is 19.7 Å². The molecule has 0 heterocycles. The molecule has 3 aromatic rings. The number of nitro groups is 1. The number of halogens is 1. The molecule has 3 aromatic carbocycles. The van der Waals surface area contributed by atoms with Crippen LogP contribution in [-0.2, 0) is 0 Å². The second-order valence-corrected chi connectivity index (χ2v) is 8.03. The highest BCUT2D eigenvalue weighted by atomic mass is 35.5. The average molecular weight is 499 g/mol. The molecular weight excluding hydrogens is 476 g/mol. The molecule has 3 amide bonds. The maximum atomic E-state index is 12.9. The number of methoxy groups -OCH3 is 1. The second kappa shape index (κ2) is 11.2. The van der Waals surface area contributed by atoms with E-state index in [0.29, 0.717) is 11.4 Å². The van der Waals surface area contributed by atoms with Gasteiger partial charge in [0, 0.05) is 22.7 Å². The summed E-state index contributed by atoms with van der Waals surface area (Å²) in [7, 11) is 1.38. The van der Waals surface area contributed by atoms with Gasteiger partial charge in [0.15, 0.2) is 11.5 Å². The zero-order chi connectivity index (χ0) is 25.5. The Morgan fingerprint density at radius 1 is 0.943 bits per heavy atom. The Kier molecular flexibility index (Phi) is 8.11. The zero-order valence-corrected chi connectivity index (χ0v) is 19.9. The predicted octanol–water partition coefficient (Wildman–Crippen LogP) is 5.83. The lowest BCUT2D eigenvalue weighted by atomic mass is 10.1. The molecule has 0 aromatic heterocycles. The molecule has 0 aliphatic carbocycles. The van der Waals surface area contributed by atoms with Crippen molar-refractivity contribution in [3.63, 3.8) is 0 Å². The molecule has 0 aliphatic heterocycles. The van der Waals surface area contributed by atoms with Gasteiger partial charge < -0.3 is 25.4 Å². The van der Waals surface area contributed by atoms with Crippen LogP contribution in [0.2, 0.25) is 5.02 Å². The molecule has 35 heavy (non-hydrogen) atoms. The van der Waals surface area contributed by atoms with Crippen LogP contribution < -0.4 is 25.4 Å². The summed E-state index contributed by atoms with van der Waals surface area (Å²) < 4.78 is 11.0. The number of para-hydroxylation sites is 2. The van der Waals surface area contributed by atoms with Crippen LogP contribution in [0.4, 0.5) is 21.9 Å². The fourth-order valence-electron chi connectivity index (χ4n) is 3.05. The van der Waals surface area contributed by atoms with Crippen molar-refractivity contribution in [2.45, 2.75) is 19.9 Å². The predicted molar refractivity (Wildman–Crippen MR) is 133 cm³/mol. The van der Waals surface area contributed by atoms with Crippen LogP contribution >= 0.6 is 11.6 Å². The molecule has 10 nitrogen and oxygen atoms in total. The number of anilines is 2. The van der Waals surface area contributed by atoms with Crippen molar-refractivity contribution >= 4 is 40.6 Å². The normalized spacial score (nSPS) is 10.4. The van der Waals surface area contributed by atoms with Gasteiger partial charge in [0.2, 0.25) is 5.75 Å². The van der Waals surface area contributed by atoms with E-state index in [1.807, 2.05) is 13.8 Å². The number of rotatable bonds is 8. The minimum Gasteiger partial charge on any atom is -0.493 e. The van der Waals surface area contributed by atoms with Gasteiger partial charge in [0.05, 0.1) is 23.4 Å². The number of urea groups is 1. The summed E-state index contributed by atoms with van der Waals surface area (Å²) in [5.74, 6) is -0.146. The molecule has 182 valence electrons. The van der Waals surface area contributed by atoms with Crippen molar-refractivity contribution in [3.8, 4) is 17.2 Å². The Bertz CT molecular complexity index is 1260. The van der Waals surface area contributed by atoms with E-state index in [1.165, 1.54) is 43.5 Å². The van der Waals surface area contributed by atoms with Crippen molar-refractivity contribution in [3.05, 3.63) is 81.4 Å². The number of ether oxygens (including phenoxy) is 2. The van der Waals surface area contributed by atoms with Gasteiger partial charge in [-0.2, -0.15) is 0 Å². The van der Waals surface area contributed by atoms with Gasteiger partial charge in [-0.1, -0.05) is 23.7 Å². The number of hydrogen-bond acceptors (Lipinski definition) is 6. The third-order valence-corrected chi connectivity index (χ3v) is 4.84. The maximum Gasteiger partial charge on any atom is 0.319 e. The summed E-state index contributed by atoms with van der Waals surface area (Å²) in [5, 5.41) is 19.7. The van der Waals surface area contributed by atoms with Gasteiger partial charge in [0.1, 0.15) is 0 Å². The van der Waals surface area contributed by atoms with E-state index in [4.69, 9.17) is 21.1 Å². The van der Waals surface area contributed by atoms with E-state index < -0.39 is 16.9 Å². The van der Waals surface area contributed by atoms with E-state index in [2.05, 4.69) is 16.0 Å². The Morgan fingerprint density at radius 2 is 1.60 bits per heavy atom. The van der Waals surface area contributed by atoms with E-state index in [-0.39, 0.29) is 39.6 Å². The average Bonchev–Trinajstić information content (AvgIpc) is 2.81. The number of hydrogen-bond donors (Lipinski definition) is 3. The lowest BCUT2D eigenvalue weighted by Crippen LogP contribution is -2.34. The van der Waals surface area contributed by atoms with Crippen LogP contribution in [0.5, 0.6) is 17.2 Å². The van der Waals surface area contributed by atoms with Crippen LogP contribution in [-0.4, -0.2) is 30.0 Å². The number of amides is 3. The first-order valence-electron chi connectivity index (χ1n) is 10.5. The Hall–Kier alpha value is -4.31. The van der Waals surface area contributed by atoms with Crippen LogP contribution in [0.25, 0.3) is 0 Å². The first kappa shape index (κ1) is 25.3. The summed E-state index contributed by atoms with van der Waals surface area (Å²) in [6, 6.07) is 14.7. The van der Waals surface area contributed by atoms with Crippen LogP contribution in [0.3, 0.4) is 0 Å². The van der Waals surface area contributed by atoms with Gasteiger partial charge in [-0.25, -0.2) is 4.79 Å². The lowest BCUT2D eigenvalue weighted by Gasteiger charge is -2.15. The SMILES string of the molecule is COc1cc(C(=O)Nc2ccccc2NC(=O)NC(C)C)ccc1Oc1ccc(Cl)cc1[N+](=O)[O-]. The Balaban J connectivity index is 1.81. The van der Waals surface area contributed by atoms with Gasteiger partial charge in [-0.3, -0.25) is 14.9 Å². The maximum absolute atomic E-state index is 12.9. The molecule has 11 heteroatoms. The summed E-state index contributed by atoms with van der Waals surface area (Å²) in [6.45, 7) is 3.67. The fourth-order valence-corrected chi connectivity index (χ4v) is 3.21. The fraction of sp³-hybridized carbons (Fsp3) is 0.167. The Morgan fingerprint density at radius 3 is 2.23 bits per heavy atom. The number of benzene rings is 3. The molecule has 0 saturated heterocycles. The summed E-state index contributed by atoms with van der Waals surface area (Å²) >= 11 is 5.85. The van der Waals surface area contributed by atoms with Crippen molar-refractivity contribution in [1.82, 2.24) is 5.32 Å². The lowest BCUT2D eigenvalue weighted by molar-refractivity contribution is -0.385. The highest BCUT2D eigenvalue weighted by molar-refractivity contribution is 6.30. The number of nitrogens with zero attached hydrogens (tertiary/aromatic N) is 1. The molecular formula is C24H23ClN4O6. The van der Waals surface area contributed by atoms with E-state index >= 15 is 0 Å². The molecule has 0 bridgehead atoms. The molecule has 0 unspecified atom stereocenters. The van der Waals surface area contributed by atoms with Crippen molar-refractivity contribution in [2.24, 2.45) is 0 Å². The van der Waals surface area contributed by atoms with E-state index in [0.717, 1.165) is 0 Å². The van der Waals surface area contributed by atoms with Crippen LogP contribution in [0.1, 0.15) is 24.2 Å². The third-order valence-electron chi connectivity index (χ3n) is 4.61. The van der Waals surface area contributed by atoms with Crippen molar-refractivity contribution < 1.29 is 24.0 Å². The smallest absolute Gasteiger partial charge is 0.319 e. The molecule has 3 rings (SSSR count). The van der Waals surface area contributed by atoms with Crippen molar-refractivity contribution in [1.29, 1.82) is 0 Å². The standard InChI is InChI=1S/C24H23ClN4O6/c1-14(2)26-24(31)28-18-7-5-4-6-17(18)27-23(30)15-8-10-21(22(12-15)34-3)35-20-11-9-16(25)13-19(20)29(32)33/h4-14H,1-3H3,(H,27,30)(H2,26,28,31). The number of nitrogens with one attached hydrogen (secondary N) is 3. The quantitative estimate of drug-likeness (QED) is 0.264. The first-order valence-corrected chi connectivity index (χ1v) is 10.8. The second-order valence-electron chi connectivity index (χ2n) is 7.59. The van der Waals surface area contributed by atoms with Gasteiger partial charge in [0.25, 0.3) is 5.91 Å². The monoisotopic (exact) mass is 498 g/mol. The number of nitro benzene ring substituents is 1. The summed E-state index contributed by atoms with van der Waals surface area (Å²) in [6.07, 6.45) is 0. The third kappa shape index (κ3) is 6.61. The van der Waals surface area contributed by atoms with Gasteiger partial charge in [-0.15, -0.1) is 0 Å².